The van der Waals surface area contributed by atoms with Gasteiger partial charge in [-0.25, -0.2) is 0 Å². The molecule has 1 saturated carbocycles. The van der Waals surface area contributed by atoms with Gasteiger partial charge in [-0.15, -0.1) is 0 Å². The maximum atomic E-state index is 11.8. The minimum absolute atomic E-state index is 0.0595. The number of carbonyl (C=O) groups is 1. The fourth-order valence-corrected chi connectivity index (χ4v) is 2.71. The Balaban J connectivity index is 2.15. The van der Waals surface area contributed by atoms with Crippen LogP contribution < -0.4 is 11.1 Å². The molecule has 1 aromatic carbocycles. The van der Waals surface area contributed by atoms with Gasteiger partial charge < -0.3 is 11.1 Å². The smallest absolute Gasteiger partial charge is 0.237 e. The Hall–Kier alpha value is -1.35. The molecule has 1 amide bonds. The number of nitrogens with two attached hydrogens (primary N) is 1. The fourth-order valence-electron chi connectivity index (χ4n) is 2.71. The van der Waals surface area contributed by atoms with E-state index in [1.54, 1.807) is 6.92 Å². The summed E-state index contributed by atoms with van der Waals surface area (Å²) in [5.74, 6) is 0.492. The van der Waals surface area contributed by atoms with Crippen molar-refractivity contribution in [3.05, 3.63) is 35.9 Å². The van der Waals surface area contributed by atoms with Crippen molar-refractivity contribution in [2.45, 2.75) is 44.7 Å². The van der Waals surface area contributed by atoms with E-state index in [0.29, 0.717) is 5.92 Å². The van der Waals surface area contributed by atoms with Crippen molar-refractivity contribution >= 4 is 5.91 Å². The van der Waals surface area contributed by atoms with Gasteiger partial charge >= 0.3 is 0 Å². The lowest BCUT2D eigenvalue weighted by molar-refractivity contribution is -0.123. The van der Waals surface area contributed by atoms with Gasteiger partial charge in [0.2, 0.25) is 5.91 Å². The van der Waals surface area contributed by atoms with Crippen LogP contribution in [0.5, 0.6) is 0 Å². The summed E-state index contributed by atoms with van der Waals surface area (Å²) in [6.45, 7) is 1.73. The van der Waals surface area contributed by atoms with Crippen molar-refractivity contribution in [1.29, 1.82) is 0 Å². The molecule has 3 nitrogen and oxygen atoms in total. The molecule has 1 aliphatic rings. The minimum Gasteiger partial charge on any atom is -0.348 e. The second-order valence-electron chi connectivity index (χ2n) is 5.23. The summed E-state index contributed by atoms with van der Waals surface area (Å²) in [6, 6.07) is 9.90. The second kappa shape index (κ2) is 6.01. The zero-order valence-corrected chi connectivity index (χ0v) is 10.9. The minimum atomic E-state index is -0.447. The van der Waals surface area contributed by atoms with Gasteiger partial charge in [-0.1, -0.05) is 43.2 Å². The molecule has 3 N–H and O–H groups in total. The molecule has 0 heterocycles. The lowest BCUT2D eigenvalue weighted by atomic mass is 9.91. The predicted molar refractivity (Wildman–Crippen MR) is 72.9 cm³/mol. The Bertz CT molecular complexity index is 383. The van der Waals surface area contributed by atoms with Crippen LogP contribution in [0.25, 0.3) is 0 Å². The van der Waals surface area contributed by atoms with Gasteiger partial charge in [-0.3, -0.25) is 4.79 Å². The van der Waals surface area contributed by atoms with Crippen molar-refractivity contribution in [3.63, 3.8) is 0 Å². The molecule has 0 bridgehead atoms. The number of benzene rings is 1. The zero-order valence-electron chi connectivity index (χ0n) is 10.9. The Morgan fingerprint density at radius 2 is 1.89 bits per heavy atom. The van der Waals surface area contributed by atoms with E-state index in [1.807, 2.05) is 18.2 Å². The summed E-state index contributed by atoms with van der Waals surface area (Å²) in [4.78, 5) is 11.8. The molecule has 2 rings (SSSR count). The number of hydrogen-bond donors (Lipinski definition) is 2. The van der Waals surface area contributed by atoms with Gasteiger partial charge in [-0.2, -0.15) is 0 Å². The molecule has 1 aromatic rings. The van der Waals surface area contributed by atoms with E-state index in [9.17, 15) is 4.79 Å². The lowest BCUT2D eigenvalue weighted by Gasteiger charge is -2.26. The van der Waals surface area contributed by atoms with Crippen molar-refractivity contribution in [3.8, 4) is 0 Å². The van der Waals surface area contributed by atoms with E-state index in [4.69, 9.17) is 5.73 Å². The van der Waals surface area contributed by atoms with Crippen LogP contribution in [0.3, 0.4) is 0 Å². The summed E-state index contributed by atoms with van der Waals surface area (Å²) in [7, 11) is 0. The zero-order chi connectivity index (χ0) is 13.0. The van der Waals surface area contributed by atoms with Crippen LogP contribution in [-0.4, -0.2) is 11.9 Å². The van der Waals surface area contributed by atoms with E-state index < -0.39 is 6.04 Å². The average Bonchev–Trinajstić information content (AvgIpc) is 2.90. The largest absolute Gasteiger partial charge is 0.348 e. The van der Waals surface area contributed by atoms with Gasteiger partial charge in [0.05, 0.1) is 12.1 Å². The quantitative estimate of drug-likeness (QED) is 0.857. The summed E-state index contributed by atoms with van der Waals surface area (Å²) in [5.41, 5.74) is 6.84. The van der Waals surface area contributed by atoms with E-state index in [0.717, 1.165) is 0 Å². The molecule has 1 fully saturated rings. The monoisotopic (exact) mass is 246 g/mol. The Morgan fingerprint density at radius 1 is 1.28 bits per heavy atom. The normalized spacial score (nSPS) is 19.4. The van der Waals surface area contributed by atoms with Gasteiger partial charge in [-0.05, 0) is 31.2 Å². The SMILES string of the molecule is C[C@@H](N)C(=O)NC(c1ccccc1)C1CCCC1. The van der Waals surface area contributed by atoms with Gasteiger partial charge in [0.1, 0.15) is 0 Å². The lowest BCUT2D eigenvalue weighted by Crippen LogP contribution is -2.42. The van der Waals surface area contributed by atoms with Crippen LogP contribution in [0.4, 0.5) is 0 Å². The van der Waals surface area contributed by atoms with Gasteiger partial charge in [0, 0.05) is 0 Å². The first kappa shape index (κ1) is 13.1. The summed E-state index contributed by atoms with van der Waals surface area (Å²) >= 11 is 0. The molecule has 0 spiro atoms. The summed E-state index contributed by atoms with van der Waals surface area (Å²) in [5, 5.41) is 3.11. The summed E-state index contributed by atoms with van der Waals surface area (Å²) < 4.78 is 0. The molecule has 0 aromatic heterocycles. The third kappa shape index (κ3) is 3.10. The van der Waals surface area contributed by atoms with Crippen molar-refractivity contribution in [2.24, 2.45) is 11.7 Å². The molecular weight excluding hydrogens is 224 g/mol. The highest BCUT2D eigenvalue weighted by atomic mass is 16.2. The van der Waals surface area contributed by atoms with E-state index in [-0.39, 0.29) is 11.9 Å². The van der Waals surface area contributed by atoms with Crippen LogP contribution in [0.1, 0.15) is 44.2 Å². The Kier molecular flexibility index (Phi) is 4.37. The highest BCUT2D eigenvalue weighted by Gasteiger charge is 2.28. The van der Waals surface area contributed by atoms with Crippen LogP contribution in [0.2, 0.25) is 0 Å². The molecule has 0 radical (unpaired) electrons. The predicted octanol–water partition coefficient (Wildman–Crippen LogP) is 2.38. The van der Waals surface area contributed by atoms with Crippen LogP contribution in [-0.2, 0) is 4.79 Å². The molecule has 98 valence electrons. The van der Waals surface area contributed by atoms with Crippen molar-refractivity contribution < 1.29 is 4.79 Å². The van der Waals surface area contributed by atoms with Crippen LogP contribution in [0.15, 0.2) is 30.3 Å². The molecular formula is C15H22N2O. The fraction of sp³-hybridized carbons (Fsp3) is 0.533. The molecule has 18 heavy (non-hydrogen) atoms. The first-order valence-corrected chi connectivity index (χ1v) is 6.79. The van der Waals surface area contributed by atoms with E-state index in [1.165, 1.54) is 31.2 Å². The number of hydrogen-bond acceptors (Lipinski definition) is 2. The molecule has 0 aliphatic heterocycles. The first-order chi connectivity index (χ1) is 8.68. The average molecular weight is 246 g/mol. The molecule has 3 heteroatoms. The van der Waals surface area contributed by atoms with Crippen molar-refractivity contribution in [1.82, 2.24) is 5.32 Å². The molecule has 0 saturated heterocycles. The van der Waals surface area contributed by atoms with Crippen LogP contribution >= 0.6 is 0 Å². The molecule has 2 atom stereocenters. The topological polar surface area (TPSA) is 55.1 Å². The molecule has 1 aliphatic carbocycles. The van der Waals surface area contributed by atoms with E-state index >= 15 is 0 Å². The highest BCUT2D eigenvalue weighted by molar-refractivity contribution is 5.81. The highest BCUT2D eigenvalue weighted by Crippen LogP contribution is 2.35. The van der Waals surface area contributed by atoms with Gasteiger partial charge in [0.25, 0.3) is 0 Å². The van der Waals surface area contributed by atoms with E-state index in [2.05, 4.69) is 17.4 Å². The second-order valence-corrected chi connectivity index (χ2v) is 5.23. The standard InChI is InChI=1S/C15H22N2O/c1-11(16)15(18)17-14(13-9-5-6-10-13)12-7-3-2-4-8-12/h2-4,7-8,11,13-14H,5-6,9-10,16H2,1H3,(H,17,18)/t11-,14?/m1/s1. The third-order valence-electron chi connectivity index (χ3n) is 3.74. The maximum absolute atomic E-state index is 11.8. The molecule has 1 unspecified atom stereocenters. The Morgan fingerprint density at radius 3 is 2.44 bits per heavy atom. The first-order valence-electron chi connectivity index (χ1n) is 6.79. The third-order valence-corrected chi connectivity index (χ3v) is 3.74. The number of carbonyl (C=O) groups excluding carboxylic acids is 1. The number of rotatable bonds is 4. The van der Waals surface area contributed by atoms with Gasteiger partial charge in [0.15, 0.2) is 0 Å². The number of nitrogens with one attached hydrogen (secondary N) is 1. The Labute approximate surface area is 109 Å². The van der Waals surface area contributed by atoms with Crippen molar-refractivity contribution in [2.75, 3.05) is 0 Å². The number of amides is 1. The summed E-state index contributed by atoms with van der Waals surface area (Å²) in [6.07, 6.45) is 4.92. The van der Waals surface area contributed by atoms with Crippen LogP contribution in [0, 0.1) is 5.92 Å². The maximum Gasteiger partial charge on any atom is 0.237 e.